The molecule has 0 amide bonds. The molecule has 13 heavy (non-hydrogen) atoms. The van der Waals surface area contributed by atoms with Crippen LogP contribution in [0.2, 0.25) is 5.02 Å². The van der Waals surface area contributed by atoms with Gasteiger partial charge in [-0.2, -0.15) is 0 Å². The van der Waals surface area contributed by atoms with Crippen molar-refractivity contribution in [2.24, 2.45) is 5.73 Å². The summed E-state index contributed by atoms with van der Waals surface area (Å²) in [7, 11) is 0. The Morgan fingerprint density at radius 2 is 2.38 bits per heavy atom. The maximum absolute atomic E-state index is 5.90. The van der Waals surface area contributed by atoms with E-state index in [-0.39, 0.29) is 0 Å². The Bertz CT molecular complexity index is 312. The van der Waals surface area contributed by atoms with Crippen LogP contribution in [0.1, 0.15) is 18.5 Å². The minimum atomic E-state index is 0.352. The van der Waals surface area contributed by atoms with Gasteiger partial charge in [0.1, 0.15) is 10.8 Å². The monoisotopic (exact) mass is 198 g/mol. The third-order valence-electron chi connectivity index (χ3n) is 1.90. The molecule has 0 spiro atoms. The predicted octanol–water partition coefficient (Wildman–Crippen LogP) is 1.73. The standard InChI is InChI=1S/C9H11ClN2O/c10-8-5-12-6(4-11)3-9(8)13-7-1-2-7/h3,5,7H,1-2,4,11H2. The second-order valence-corrected chi connectivity index (χ2v) is 3.53. The van der Waals surface area contributed by atoms with Crippen LogP contribution in [-0.4, -0.2) is 11.1 Å². The van der Waals surface area contributed by atoms with Crippen LogP contribution in [0.5, 0.6) is 5.75 Å². The van der Waals surface area contributed by atoms with Crippen molar-refractivity contribution < 1.29 is 4.74 Å². The smallest absolute Gasteiger partial charge is 0.141 e. The minimum Gasteiger partial charge on any atom is -0.489 e. The lowest BCUT2D eigenvalue weighted by Crippen LogP contribution is -2.02. The maximum atomic E-state index is 5.90. The molecule has 1 fully saturated rings. The number of nitrogens with zero attached hydrogens (tertiary/aromatic N) is 1. The largest absolute Gasteiger partial charge is 0.489 e. The normalized spacial score (nSPS) is 15.8. The highest BCUT2D eigenvalue weighted by Crippen LogP contribution is 2.31. The summed E-state index contributed by atoms with van der Waals surface area (Å²) in [6, 6.07) is 1.81. The second kappa shape index (κ2) is 3.52. The highest BCUT2D eigenvalue weighted by atomic mass is 35.5. The molecule has 2 N–H and O–H groups in total. The second-order valence-electron chi connectivity index (χ2n) is 3.13. The zero-order valence-electron chi connectivity index (χ0n) is 7.16. The number of hydrogen-bond donors (Lipinski definition) is 1. The zero-order valence-corrected chi connectivity index (χ0v) is 7.92. The Morgan fingerprint density at radius 1 is 1.62 bits per heavy atom. The molecule has 0 radical (unpaired) electrons. The third-order valence-corrected chi connectivity index (χ3v) is 2.19. The van der Waals surface area contributed by atoms with Crippen LogP contribution in [0.15, 0.2) is 12.3 Å². The summed E-state index contributed by atoms with van der Waals surface area (Å²) in [5.74, 6) is 0.708. The van der Waals surface area contributed by atoms with Gasteiger partial charge in [0.05, 0.1) is 11.8 Å². The van der Waals surface area contributed by atoms with Crippen LogP contribution in [0, 0.1) is 0 Å². The molecule has 1 aromatic rings. The van der Waals surface area contributed by atoms with Gasteiger partial charge in [-0.1, -0.05) is 11.6 Å². The number of nitrogens with two attached hydrogens (primary N) is 1. The molecule has 1 aliphatic rings. The van der Waals surface area contributed by atoms with Crippen molar-refractivity contribution in [1.82, 2.24) is 4.98 Å². The fraction of sp³-hybridized carbons (Fsp3) is 0.444. The Kier molecular flexibility index (Phi) is 2.38. The lowest BCUT2D eigenvalue weighted by atomic mass is 10.3. The molecule has 0 aliphatic heterocycles. The Labute approximate surface area is 81.9 Å². The van der Waals surface area contributed by atoms with Gasteiger partial charge in [0.25, 0.3) is 0 Å². The fourth-order valence-electron chi connectivity index (χ4n) is 1.03. The van der Waals surface area contributed by atoms with Crippen molar-refractivity contribution in [2.75, 3.05) is 0 Å². The van der Waals surface area contributed by atoms with Crippen LogP contribution in [0.25, 0.3) is 0 Å². The fourth-order valence-corrected chi connectivity index (χ4v) is 1.18. The van der Waals surface area contributed by atoms with Gasteiger partial charge < -0.3 is 10.5 Å². The van der Waals surface area contributed by atoms with Gasteiger partial charge in [0, 0.05) is 18.8 Å². The van der Waals surface area contributed by atoms with Crippen LogP contribution in [0.4, 0.5) is 0 Å². The first-order valence-corrected chi connectivity index (χ1v) is 4.68. The molecular formula is C9H11ClN2O. The van der Waals surface area contributed by atoms with E-state index >= 15 is 0 Å². The number of aromatic nitrogens is 1. The molecule has 1 aromatic heterocycles. The molecule has 1 heterocycles. The average molecular weight is 199 g/mol. The van der Waals surface area contributed by atoms with E-state index in [0.717, 1.165) is 18.5 Å². The van der Waals surface area contributed by atoms with Crippen LogP contribution in [0.3, 0.4) is 0 Å². The average Bonchev–Trinajstić information content (AvgIpc) is 2.93. The summed E-state index contributed by atoms with van der Waals surface area (Å²) in [5, 5.41) is 0.559. The van der Waals surface area contributed by atoms with Crippen molar-refractivity contribution in [3.63, 3.8) is 0 Å². The number of halogens is 1. The molecule has 3 nitrogen and oxygen atoms in total. The van der Waals surface area contributed by atoms with E-state index in [0.29, 0.717) is 23.4 Å². The third kappa shape index (κ3) is 2.11. The molecule has 0 atom stereocenters. The van der Waals surface area contributed by atoms with Crippen LogP contribution >= 0.6 is 11.6 Å². The molecule has 1 aliphatic carbocycles. The highest BCUT2D eigenvalue weighted by Gasteiger charge is 2.24. The van der Waals surface area contributed by atoms with Crippen molar-refractivity contribution in [2.45, 2.75) is 25.5 Å². The summed E-state index contributed by atoms with van der Waals surface area (Å²) in [4.78, 5) is 4.05. The van der Waals surface area contributed by atoms with Crippen LogP contribution in [-0.2, 0) is 6.54 Å². The number of pyridine rings is 1. The van der Waals surface area contributed by atoms with E-state index < -0.39 is 0 Å². The SMILES string of the molecule is NCc1cc(OC2CC2)c(Cl)cn1. The topological polar surface area (TPSA) is 48.1 Å². The minimum absolute atomic E-state index is 0.352. The van der Waals surface area contributed by atoms with E-state index in [1.165, 1.54) is 0 Å². The maximum Gasteiger partial charge on any atom is 0.141 e. The van der Waals surface area contributed by atoms with Crippen LogP contribution < -0.4 is 10.5 Å². The van der Waals surface area contributed by atoms with Gasteiger partial charge in [-0.05, 0) is 12.8 Å². The molecular weight excluding hydrogens is 188 g/mol. The summed E-state index contributed by atoms with van der Waals surface area (Å²) in [5.41, 5.74) is 6.26. The lowest BCUT2D eigenvalue weighted by Gasteiger charge is -2.07. The summed E-state index contributed by atoms with van der Waals surface area (Å²) in [6.45, 7) is 0.415. The number of hydrogen-bond acceptors (Lipinski definition) is 3. The first-order valence-electron chi connectivity index (χ1n) is 4.30. The Balaban J connectivity index is 2.19. The molecule has 4 heteroatoms. The van der Waals surface area contributed by atoms with Gasteiger partial charge in [0.15, 0.2) is 0 Å². The van der Waals surface area contributed by atoms with Crippen molar-refractivity contribution in [3.05, 3.63) is 23.0 Å². The van der Waals surface area contributed by atoms with E-state index in [1.807, 2.05) is 0 Å². The molecule has 70 valence electrons. The van der Waals surface area contributed by atoms with Gasteiger partial charge in [-0.3, -0.25) is 4.98 Å². The van der Waals surface area contributed by atoms with E-state index in [1.54, 1.807) is 12.3 Å². The van der Waals surface area contributed by atoms with E-state index in [9.17, 15) is 0 Å². The number of ether oxygens (including phenoxy) is 1. The first kappa shape index (κ1) is 8.78. The van der Waals surface area contributed by atoms with Crippen molar-refractivity contribution in [1.29, 1.82) is 0 Å². The summed E-state index contributed by atoms with van der Waals surface area (Å²) in [6.07, 6.45) is 4.18. The zero-order chi connectivity index (χ0) is 9.26. The highest BCUT2D eigenvalue weighted by molar-refractivity contribution is 6.31. The van der Waals surface area contributed by atoms with E-state index in [2.05, 4.69) is 4.98 Å². The van der Waals surface area contributed by atoms with Gasteiger partial charge >= 0.3 is 0 Å². The predicted molar refractivity (Wildman–Crippen MR) is 50.8 cm³/mol. The van der Waals surface area contributed by atoms with Crippen molar-refractivity contribution >= 4 is 11.6 Å². The summed E-state index contributed by atoms with van der Waals surface area (Å²) < 4.78 is 5.57. The molecule has 1 saturated carbocycles. The quantitative estimate of drug-likeness (QED) is 0.805. The number of rotatable bonds is 3. The van der Waals surface area contributed by atoms with Gasteiger partial charge in [-0.25, -0.2) is 0 Å². The van der Waals surface area contributed by atoms with Gasteiger partial charge in [0.2, 0.25) is 0 Å². The lowest BCUT2D eigenvalue weighted by molar-refractivity contribution is 0.302. The van der Waals surface area contributed by atoms with E-state index in [4.69, 9.17) is 22.1 Å². The Hall–Kier alpha value is -0.800. The van der Waals surface area contributed by atoms with Gasteiger partial charge in [-0.15, -0.1) is 0 Å². The molecule has 0 saturated heterocycles. The molecule has 0 unspecified atom stereocenters. The Morgan fingerprint density at radius 3 is 3.00 bits per heavy atom. The summed E-state index contributed by atoms with van der Waals surface area (Å²) >= 11 is 5.90. The molecule has 2 rings (SSSR count). The first-order chi connectivity index (χ1) is 6.29. The van der Waals surface area contributed by atoms with Crippen molar-refractivity contribution in [3.8, 4) is 5.75 Å². The molecule has 0 bridgehead atoms. The molecule has 0 aromatic carbocycles.